The lowest BCUT2D eigenvalue weighted by Gasteiger charge is -2.29. The van der Waals surface area contributed by atoms with Gasteiger partial charge in [0.2, 0.25) is 0 Å². The van der Waals surface area contributed by atoms with Crippen molar-refractivity contribution in [2.75, 3.05) is 22.9 Å². The fraction of sp³-hybridized carbons (Fsp3) is 0.273. The first-order valence-electron chi connectivity index (χ1n) is 9.32. The Bertz CT molecular complexity index is 902. The number of imide groups is 1. The number of carbonyl (C=O) groups excluding carboxylic acids is 2. The maximum Gasteiger partial charge on any atom is 0.298 e. The number of benzene rings is 2. The SMILES string of the molecule is Cc1cc(N2CCCCC2)ccc1/C=C1/SC(=O)N(c2ccccc2)C1=O. The van der Waals surface area contributed by atoms with Crippen LogP contribution in [0.15, 0.2) is 53.4 Å². The minimum atomic E-state index is -0.254. The molecule has 4 rings (SSSR count). The number of amides is 2. The number of aryl methyl sites for hydroxylation is 1. The van der Waals surface area contributed by atoms with Crippen LogP contribution in [0.5, 0.6) is 0 Å². The predicted octanol–water partition coefficient (Wildman–Crippen LogP) is 5.23. The number of hydrogen-bond acceptors (Lipinski definition) is 4. The highest BCUT2D eigenvalue weighted by molar-refractivity contribution is 8.19. The zero-order chi connectivity index (χ0) is 18.8. The van der Waals surface area contributed by atoms with Crippen LogP contribution in [-0.4, -0.2) is 24.2 Å². The van der Waals surface area contributed by atoms with E-state index in [-0.39, 0.29) is 11.1 Å². The summed E-state index contributed by atoms with van der Waals surface area (Å²) in [5, 5.41) is -0.250. The summed E-state index contributed by atoms with van der Waals surface area (Å²) < 4.78 is 0. The van der Waals surface area contributed by atoms with E-state index in [0.717, 1.165) is 36.0 Å². The standard InChI is InChI=1S/C22H22N2O2S/c1-16-14-19(23-12-6-3-7-13-23)11-10-17(16)15-20-21(25)24(22(26)27-20)18-8-4-2-5-9-18/h2,4-5,8-11,14-15H,3,6-7,12-13H2,1H3/b20-15+. The van der Waals surface area contributed by atoms with Gasteiger partial charge in [-0.05, 0) is 79.4 Å². The normalized spacial score (nSPS) is 19.2. The van der Waals surface area contributed by atoms with Crippen molar-refractivity contribution in [3.8, 4) is 0 Å². The maximum absolute atomic E-state index is 12.8. The molecule has 5 heteroatoms. The summed E-state index contributed by atoms with van der Waals surface area (Å²) in [5.41, 5.74) is 3.95. The van der Waals surface area contributed by atoms with Gasteiger partial charge in [0.15, 0.2) is 0 Å². The molecular weight excluding hydrogens is 356 g/mol. The molecule has 138 valence electrons. The van der Waals surface area contributed by atoms with Gasteiger partial charge in [-0.1, -0.05) is 24.3 Å². The Kier molecular flexibility index (Phi) is 5.03. The van der Waals surface area contributed by atoms with Crippen LogP contribution in [0.1, 0.15) is 30.4 Å². The maximum atomic E-state index is 12.8. The van der Waals surface area contributed by atoms with E-state index in [9.17, 15) is 9.59 Å². The molecule has 2 aliphatic rings. The first kappa shape index (κ1) is 17.9. The van der Waals surface area contributed by atoms with Gasteiger partial charge in [-0.25, -0.2) is 4.90 Å². The van der Waals surface area contributed by atoms with Crippen LogP contribution in [0.4, 0.5) is 16.2 Å². The zero-order valence-corrected chi connectivity index (χ0v) is 16.2. The first-order chi connectivity index (χ1) is 13.1. The highest BCUT2D eigenvalue weighted by Gasteiger charge is 2.36. The summed E-state index contributed by atoms with van der Waals surface area (Å²) in [6.45, 7) is 4.27. The summed E-state index contributed by atoms with van der Waals surface area (Å²) in [6.07, 6.45) is 5.63. The number of anilines is 2. The summed E-state index contributed by atoms with van der Waals surface area (Å²) in [5.74, 6) is -0.254. The monoisotopic (exact) mass is 378 g/mol. The topological polar surface area (TPSA) is 40.6 Å². The number of nitrogens with zero attached hydrogens (tertiary/aromatic N) is 2. The second-order valence-corrected chi connectivity index (χ2v) is 7.93. The van der Waals surface area contributed by atoms with Crippen LogP contribution < -0.4 is 9.80 Å². The van der Waals surface area contributed by atoms with Crippen LogP contribution in [0.25, 0.3) is 6.08 Å². The van der Waals surface area contributed by atoms with Gasteiger partial charge in [0.05, 0.1) is 10.6 Å². The molecule has 0 aromatic heterocycles. The summed E-state index contributed by atoms with van der Waals surface area (Å²) >= 11 is 1.00. The fourth-order valence-electron chi connectivity index (χ4n) is 3.58. The van der Waals surface area contributed by atoms with Crippen LogP contribution in [0, 0.1) is 6.92 Å². The van der Waals surface area contributed by atoms with E-state index in [0.29, 0.717) is 10.6 Å². The van der Waals surface area contributed by atoms with E-state index in [1.165, 1.54) is 29.8 Å². The Balaban J connectivity index is 1.58. The molecule has 0 saturated carbocycles. The number of thioether (sulfide) groups is 1. The lowest BCUT2D eigenvalue weighted by molar-refractivity contribution is -0.113. The summed E-state index contributed by atoms with van der Waals surface area (Å²) in [4.78, 5) is 29.2. The van der Waals surface area contributed by atoms with Crippen molar-refractivity contribution in [3.05, 3.63) is 64.6 Å². The van der Waals surface area contributed by atoms with Crippen LogP contribution in [0.3, 0.4) is 0 Å². The van der Waals surface area contributed by atoms with E-state index in [1.807, 2.05) is 24.3 Å². The van der Waals surface area contributed by atoms with E-state index in [4.69, 9.17) is 0 Å². The number of carbonyl (C=O) groups is 2. The van der Waals surface area contributed by atoms with Gasteiger partial charge in [-0.2, -0.15) is 0 Å². The Labute approximate surface area is 163 Å². The average molecular weight is 378 g/mol. The van der Waals surface area contributed by atoms with Gasteiger partial charge in [0, 0.05) is 18.8 Å². The Morgan fingerprint density at radius 1 is 0.926 bits per heavy atom. The summed E-state index contributed by atoms with van der Waals surface area (Å²) in [7, 11) is 0. The zero-order valence-electron chi connectivity index (χ0n) is 15.4. The molecule has 0 spiro atoms. The van der Waals surface area contributed by atoms with Crippen molar-refractivity contribution in [1.82, 2.24) is 0 Å². The third-order valence-electron chi connectivity index (χ3n) is 5.07. The van der Waals surface area contributed by atoms with Gasteiger partial charge in [-0.3, -0.25) is 9.59 Å². The molecule has 2 amide bonds. The molecule has 0 unspecified atom stereocenters. The van der Waals surface area contributed by atoms with E-state index < -0.39 is 0 Å². The molecule has 2 heterocycles. The predicted molar refractivity (Wildman–Crippen MR) is 112 cm³/mol. The van der Waals surface area contributed by atoms with E-state index in [2.05, 4.69) is 30.0 Å². The van der Waals surface area contributed by atoms with Crippen molar-refractivity contribution in [2.45, 2.75) is 26.2 Å². The van der Waals surface area contributed by atoms with Crippen LogP contribution >= 0.6 is 11.8 Å². The number of rotatable bonds is 3. The lowest BCUT2D eigenvalue weighted by atomic mass is 10.0. The molecule has 0 radical (unpaired) electrons. The average Bonchev–Trinajstić information content (AvgIpc) is 2.98. The second-order valence-electron chi connectivity index (χ2n) is 6.94. The van der Waals surface area contributed by atoms with Crippen molar-refractivity contribution < 1.29 is 9.59 Å². The number of hydrogen-bond donors (Lipinski definition) is 0. The van der Waals surface area contributed by atoms with Crippen molar-refractivity contribution in [3.63, 3.8) is 0 Å². The fourth-order valence-corrected chi connectivity index (χ4v) is 4.41. The number of piperidine rings is 1. The molecule has 27 heavy (non-hydrogen) atoms. The van der Waals surface area contributed by atoms with Gasteiger partial charge in [0.1, 0.15) is 0 Å². The molecule has 0 N–H and O–H groups in total. The molecule has 0 atom stereocenters. The Hall–Kier alpha value is -2.53. The molecule has 2 aromatic rings. The van der Waals surface area contributed by atoms with Crippen LogP contribution in [0.2, 0.25) is 0 Å². The van der Waals surface area contributed by atoms with Crippen LogP contribution in [-0.2, 0) is 4.79 Å². The summed E-state index contributed by atoms with van der Waals surface area (Å²) in [6, 6.07) is 15.4. The number of para-hydroxylation sites is 1. The minimum Gasteiger partial charge on any atom is -0.372 e. The molecular formula is C22H22N2O2S. The molecule has 2 saturated heterocycles. The Morgan fingerprint density at radius 3 is 2.37 bits per heavy atom. The highest BCUT2D eigenvalue weighted by atomic mass is 32.2. The molecule has 0 bridgehead atoms. The third kappa shape index (κ3) is 3.65. The molecule has 0 aliphatic carbocycles. The smallest absolute Gasteiger partial charge is 0.298 e. The van der Waals surface area contributed by atoms with Gasteiger partial charge < -0.3 is 4.90 Å². The van der Waals surface area contributed by atoms with E-state index >= 15 is 0 Å². The highest BCUT2D eigenvalue weighted by Crippen LogP contribution is 2.36. The largest absolute Gasteiger partial charge is 0.372 e. The van der Waals surface area contributed by atoms with Crippen molar-refractivity contribution in [2.24, 2.45) is 0 Å². The van der Waals surface area contributed by atoms with Crippen molar-refractivity contribution >= 4 is 40.4 Å². The first-order valence-corrected chi connectivity index (χ1v) is 10.1. The lowest BCUT2D eigenvalue weighted by Crippen LogP contribution is -2.29. The quantitative estimate of drug-likeness (QED) is 0.686. The van der Waals surface area contributed by atoms with Gasteiger partial charge in [0.25, 0.3) is 11.1 Å². The molecule has 2 aliphatic heterocycles. The third-order valence-corrected chi connectivity index (χ3v) is 5.94. The molecule has 4 nitrogen and oxygen atoms in total. The second kappa shape index (κ2) is 7.61. The Morgan fingerprint density at radius 2 is 1.67 bits per heavy atom. The molecule has 2 aromatic carbocycles. The molecule has 2 fully saturated rings. The van der Waals surface area contributed by atoms with Crippen molar-refractivity contribution in [1.29, 1.82) is 0 Å². The minimum absolute atomic E-state index is 0.250. The van der Waals surface area contributed by atoms with E-state index in [1.54, 1.807) is 12.1 Å². The van der Waals surface area contributed by atoms with Gasteiger partial charge in [-0.15, -0.1) is 0 Å². The van der Waals surface area contributed by atoms with Gasteiger partial charge >= 0.3 is 0 Å².